The van der Waals surface area contributed by atoms with Crippen LogP contribution >= 0.6 is 0 Å². The van der Waals surface area contributed by atoms with E-state index in [1.54, 1.807) is 19.2 Å². The van der Waals surface area contributed by atoms with Gasteiger partial charge in [0.25, 0.3) is 5.91 Å². The molecular weight excluding hydrogens is 406 g/mol. The van der Waals surface area contributed by atoms with Crippen LogP contribution in [-0.4, -0.2) is 34.9 Å². The Labute approximate surface area is 188 Å². The standard InChI is InChI=1S/C26H31NO5/c1-32-24-11-23(30)20(25(31)27-5-4-18-2-3-19(28)9-22(18)29)10-21(24)26-12-15-6-16(13-26)8-17(7-15)14-26/h2-3,9-11,15-17,28-30H,4-8,12-14H2,1H3,(H,27,31). The Morgan fingerprint density at radius 2 is 1.66 bits per heavy atom. The zero-order chi connectivity index (χ0) is 22.5. The van der Waals surface area contributed by atoms with Gasteiger partial charge in [0.1, 0.15) is 23.0 Å². The molecule has 4 aliphatic rings. The van der Waals surface area contributed by atoms with Crippen molar-refractivity contribution in [2.24, 2.45) is 17.8 Å². The predicted molar refractivity (Wildman–Crippen MR) is 120 cm³/mol. The van der Waals surface area contributed by atoms with Gasteiger partial charge in [-0.05, 0) is 85.8 Å². The Hall–Kier alpha value is -2.89. The van der Waals surface area contributed by atoms with E-state index in [1.165, 1.54) is 31.4 Å². The molecule has 0 aromatic heterocycles. The van der Waals surface area contributed by atoms with Crippen molar-refractivity contribution >= 4 is 5.91 Å². The molecule has 0 aliphatic heterocycles. The molecule has 170 valence electrons. The van der Waals surface area contributed by atoms with Crippen molar-refractivity contribution in [3.05, 3.63) is 47.0 Å². The van der Waals surface area contributed by atoms with E-state index < -0.39 is 0 Å². The number of hydrogen-bond donors (Lipinski definition) is 4. The van der Waals surface area contributed by atoms with Gasteiger partial charge in [-0.15, -0.1) is 0 Å². The monoisotopic (exact) mass is 437 g/mol. The van der Waals surface area contributed by atoms with Gasteiger partial charge in [-0.3, -0.25) is 4.79 Å². The number of carbonyl (C=O) groups is 1. The number of nitrogens with one attached hydrogen (secondary N) is 1. The van der Waals surface area contributed by atoms with Crippen molar-refractivity contribution < 1.29 is 24.9 Å². The van der Waals surface area contributed by atoms with E-state index in [4.69, 9.17) is 4.74 Å². The molecule has 0 unspecified atom stereocenters. The average Bonchev–Trinajstić information content (AvgIpc) is 2.73. The molecule has 0 saturated heterocycles. The maximum absolute atomic E-state index is 13.0. The van der Waals surface area contributed by atoms with Crippen LogP contribution in [0.25, 0.3) is 0 Å². The zero-order valence-corrected chi connectivity index (χ0v) is 18.4. The van der Waals surface area contributed by atoms with Crippen molar-refractivity contribution in [2.75, 3.05) is 13.7 Å². The van der Waals surface area contributed by atoms with Crippen LogP contribution in [0.3, 0.4) is 0 Å². The fourth-order valence-corrected chi connectivity index (χ4v) is 6.94. The van der Waals surface area contributed by atoms with Crippen LogP contribution in [0.4, 0.5) is 0 Å². The first kappa shape index (κ1) is 21.0. The molecule has 6 heteroatoms. The number of phenols is 3. The molecule has 0 atom stereocenters. The smallest absolute Gasteiger partial charge is 0.255 e. The third-order valence-electron chi connectivity index (χ3n) is 7.92. The number of carbonyl (C=O) groups excluding carboxylic acids is 1. The molecule has 4 N–H and O–H groups in total. The summed E-state index contributed by atoms with van der Waals surface area (Å²) < 4.78 is 5.67. The minimum absolute atomic E-state index is 0.00403. The lowest BCUT2D eigenvalue weighted by Crippen LogP contribution is -2.48. The second kappa shape index (κ2) is 7.91. The van der Waals surface area contributed by atoms with Crippen molar-refractivity contribution in [2.45, 2.75) is 50.4 Å². The largest absolute Gasteiger partial charge is 0.508 e. The maximum Gasteiger partial charge on any atom is 0.255 e. The van der Waals surface area contributed by atoms with Gasteiger partial charge >= 0.3 is 0 Å². The molecule has 4 fully saturated rings. The van der Waals surface area contributed by atoms with Gasteiger partial charge in [0, 0.05) is 24.2 Å². The van der Waals surface area contributed by atoms with Crippen LogP contribution in [0.15, 0.2) is 30.3 Å². The summed E-state index contributed by atoms with van der Waals surface area (Å²) in [6.45, 7) is 0.301. The summed E-state index contributed by atoms with van der Waals surface area (Å²) in [5.74, 6) is 2.52. The summed E-state index contributed by atoms with van der Waals surface area (Å²) in [4.78, 5) is 13.0. The fraction of sp³-hybridized carbons (Fsp3) is 0.500. The number of benzene rings is 2. The van der Waals surface area contributed by atoms with E-state index in [-0.39, 0.29) is 34.1 Å². The van der Waals surface area contributed by atoms with Gasteiger partial charge in [-0.2, -0.15) is 0 Å². The van der Waals surface area contributed by atoms with Crippen molar-refractivity contribution in [3.8, 4) is 23.0 Å². The molecular formula is C26H31NO5. The van der Waals surface area contributed by atoms with Gasteiger partial charge in [0.05, 0.1) is 12.7 Å². The van der Waals surface area contributed by atoms with E-state index in [9.17, 15) is 20.1 Å². The molecule has 6 nitrogen and oxygen atoms in total. The van der Waals surface area contributed by atoms with Crippen molar-refractivity contribution in [3.63, 3.8) is 0 Å². The molecule has 6 rings (SSSR count). The minimum atomic E-state index is -0.339. The molecule has 2 aromatic rings. The third kappa shape index (κ3) is 3.65. The Morgan fingerprint density at radius 1 is 1.00 bits per heavy atom. The second-order valence-electron chi connectivity index (χ2n) is 10.1. The van der Waals surface area contributed by atoms with Crippen LogP contribution in [0.5, 0.6) is 23.0 Å². The van der Waals surface area contributed by atoms with Crippen LogP contribution in [0.2, 0.25) is 0 Å². The molecule has 0 radical (unpaired) electrons. The minimum Gasteiger partial charge on any atom is -0.508 e. The normalized spacial score (nSPS) is 28.0. The summed E-state index contributed by atoms with van der Waals surface area (Å²) in [6.07, 6.45) is 7.83. The predicted octanol–water partition coefficient (Wildman–Crippen LogP) is 4.25. The average molecular weight is 438 g/mol. The third-order valence-corrected chi connectivity index (χ3v) is 7.92. The first-order valence-electron chi connectivity index (χ1n) is 11.6. The Kier molecular flexibility index (Phi) is 5.19. The number of phenolic OH excluding ortho intramolecular Hbond substituents is 3. The Bertz CT molecular complexity index is 1010. The molecule has 32 heavy (non-hydrogen) atoms. The SMILES string of the molecule is COc1cc(O)c(C(=O)NCCc2ccc(O)cc2O)cc1C12CC3CC(CC(C3)C1)C2. The molecule has 4 saturated carbocycles. The highest BCUT2D eigenvalue weighted by atomic mass is 16.5. The van der Waals surface area contributed by atoms with Gasteiger partial charge in [-0.1, -0.05) is 6.07 Å². The number of amides is 1. The summed E-state index contributed by atoms with van der Waals surface area (Å²) in [5, 5.41) is 32.8. The number of ether oxygens (including phenoxy) is 1. The Morgan fingerprint density at radius 3 is 2.25 bits per heavy atom. The molecule has 0 heterocycles. The molecule has 2 aromatic carbocycles. The van der Waals surface area contributed by atoms with Crippen molar-refractivity contribution in [1.82, 2.24) is 5.32 Å². The summed E-state index contributed by atoms with van der Waals surface area (Å²) >= 11 is 0. The van der Waals surface area contributed by atoms with Crippen LogP contribution in [0, 0.1) is 17.8 Å². The van der Waals surface area contributed by atoms with Crippen molar-refractivity contribution in [1.29, 1.82) is 0 Å². The number of hydrogen-bond acceptors (Lipinski definition) is 5. The molecule has 4 aliphatic carbocycles. The molecule has 4 bridgehead atoms. The topological polar surface area (TPSA) is 99.0 Å². The second-order valence-corrected chi connectivity index (χ2v) is 10.1. The summed E-state index contributed by atoms with van der Waals surface area (Å²) in [5.41, 5.74) is 2.02. The van der Waals surface area contributed by atoms with E-state index in [1.807, 2.05) is 6.07 Å². The molecule has 1 amide bonds. The van der Waals surface area contributed by atoms with E-state index in [2.05, 4.69) is 5.32 Å². The van der Waals surface area contributed by atoms with Gasteiger partial charge in [-0.25, -0.2) is 0 Å². The van der Waals surface area contributed by atoms with Gasteiger partial charge < -0.3 is 25.4 Å². The number of rotatable bonds is 6. The number of aromatic hydroxyl groups is 3. The maximum atomic E-state index is 13.0. The van der Waals surface area contributed by atoms with Gasteiger partial charge in [0.2, 0.25) is 0 Å². The fourth-order valence-electron chi connectivity index (χ4n) is 6.94. The van der Waals surface area contributed by atoms with E-state index in [0.29, 0.717) is 24.3 Å². The first-order chi connectivity index (χ1) is 15.4. The Balaban J connectivity index is 1.37. The highest BCUT2D eigenvalue weighted by Gasteiger charge is 2.52. The van der Waals surface area contributed by atoms with Gasteiger partial charge in [0.15, 0.2) is 0 Å². The lowest BCUT2D eigenvalue weighted by molar-refractivity contribution is -0.00619. The van der Waals surface area contributed by atoms with Crippen LogP contribution in [0.1, 0.15) is 60.0 Å². The highest BCUT2D eigenvalue weighted by molar-refractivity contribution is 5.97. The zero-order valence-electron chi connectivity index (χ0n) is 18.4. The molecule has 0 spiro atoms. The number of methoxy groups -OCH3 is 1. The lowest BCUT2D eigenvalue weighted by atomic mass is 9.48. The van der Waals surface area contributed by atoms with E-state index in [0.717, 1.165) is 42.6 Å². The van der Waals surface area contributed by atoms with Crippen LogP contribution in [-0.2, 0) is 11.8 Å². The summed E-state index contributed by atoms with van der Waals surface area (Å²) in [7, 11) is 1.63. The lowest BCUT2D eigenvalue weighted by Gasteiger charge is -2.57. The van der Waals surface area contributed by atoms with E-state index >= 15 is 0 Å². The highest BCUT2D eigenvalue weighted by Crippen LogP contribution is 2.62. The first-order valence-corrected chi connectivity index (χ1v) is 11.6. The van der Waals surface area contributed by atoms with Crippen LogP contribution < -0.4 is 10.1 Å². The quantitative estimate of drug-likeness (QED) is 0.541. The summed E-state index contributed by atoms with van der Waals surface area (Å²) in [6, 6.07) is 7.87.